The molecule has 0 bridgehead atoms. The molecule has 242 valence electrons. The molecule has 0 aliphatic carbocycles. The van der Waals surface area contributed by atoms with E-state index in [1.165, 1.54) is 21.0 Å². The average molecular weight is 600 g/mol. The van der Waals surface area contributed by atoms with E-state index in [0.717, 1.165) is 6.42 Å². The van der Waals surface area contributed by atoms with E-state index < -0.39 is 71.3 Å². The molecule has 2 rings (SSSR count). The minimum absolute atomic E-state index is 0.00363. The molecule has 11 atom stereocenters. The summed E-state index contributed by atoms with van der Waals surface area (Å²) < 4.78 is 29.8. The van der Waals surface area contributed by atoms with Crippen molar-refractivity contribution in [2.24, 2.45) is 23.7 Å². The van der Waals surface area contributed by atoms with Crippen LogP contribution in [0.15, 0.2) is 0 Å². The van der Waals surface area contributed by atoms with Crippen molar-refractivity contribution >= 4 is 23.7 Å². The molecule has 0 radical (unpaired) electrons. The summed E-state index contributed by atoms with van der Waals surface area (Å²) in [7, 11) is 5.53. The van der Waals surface area contributed by atoms with Crippen LogP contribution in [0.1, 0.15) is 87.5 Å². The normalized spacial score (nSPS) is 41.2. The van der Waals surface area contributed by atoms with Gasteiger partial charge in [-0.1, -0.05) is 27.7 Å². The molecule has 1 unspecified atom stereocenters. The van der Waals surface area contributed by atoms with Crippen LogP contribution in [0.3, 0.4) is 0 Å². The third kappa shape index (κ3) is 8.51. The van der Waals surface area contributed by atoms with Gasteiger partial charge < -0.3 is 33.7 Å². The Balaban J connectivity index is 2.57. The lowest BCUT2D eigenvalue weighted by Gasteiger charge is -2.45. The molecule has 11 nitrogen and oxygen atoms in total. The molecule has 0 aromatic heterocycles. The summed E-state index contributed by atoms with van der Waals surface area (Å²) in [6.45, 7) is 13.7. The Bertz CT molecular complexity index is 971. The van der Waals surface area contributed by atoms with E-state index in [2.05, 4.69) is 4.90 Å². The second-order valence-electron chi connectivity index (χ2n) is 13.1. The average Bonchev–Trinajstić information content (AvgIpc) is 2.91. The number of ketones is 2. The first-order valence-corrected chi connectivity index (χ1v) is 15.1. The van der Waals surface area contributed by atoms with Crippen LogP contribution in [0.25, 0.3) is 0 Å². The van der Waals surface area contributed by atoms with Crippen LogP contribution in [0, 0.1) is 23.7 Å². The molecule has 0 saturated carbocycles. The van der Waals surface area contributed by atoms with Gasteiger partial charge in [-0.25, -0.2) is 4.79 Å². The van der Waals surface area contributed by atoms with Gasteiger partial charge in [0.15, 0.2) is 17.7 Å². The van der Waals surface area contributed by atoms with Crippen LogP contribution in [-0.4, -0.2) is 96.7 Å². The van der Waals surface area contributed by atoms with Crippen LogP contribution >= 0.6 is 0 Å². The summed E-state index contributed by atoms with van der Waals surface area (Å²) in [6, 6.07) is 0.209. The molecule has 0 aromatic carbocycles. The molecule has 2 aliphatic rings. The number of Topliss-reactive ketones (excluding diaryl/α,β-unsaturated/α-hetero) is 2. The number of cyclic esters (lactones) is 1. The van der Waals surface area contributed by atoms with Gasteiger partial charge in [0.25, 0.3) is 0 Å². The quantitative estimate of drug-likeness (QED) is 0.341. The maximum Gasteiger partial charge on any atom is 0.506 e. The third-order valence-corrected chi connectivity index (χ3v) is 9.26. The first kappa shape index (κ1) is 36.1. The number of hydrogen-bond acceptors (Lipinski definition) is 10. The number of nitrogens with zero attached hydrogens (tertiary/aromatic N) is 1. The zero-order valence-electron chi connectivity index (χ0n) is 27.3. The fourth-order valence-corrected chi connectivity index (χ4v) is 6.73. The molecule has 2 heterocycles. The molecule has 0 amide bonds. The van der Waals surface area contributed by atoms with Crippen LogP contribution in [-0.2, 0) is 38.1 Å². The van der Waals surface area contributed by atoms with Gasteiger partial charge in [0.1, 0.15) is 17.8 Å². The zero-order valence-corrected chi connectivity index (χ0v) is 27.3. The van der Waals surface area contributed by atoms with Gasteiger partial charge in [-0.2, -0.15) is 0 Å². The van der Waals surface area contributed by atoms with Crippen LogP contribution in [0.5, 0.6) is 0 Å². The van der Waals surface area contributed by atoms with E-state index in [1.54, 1.807) is 27.7 Å². The number of carbonyl (C=O) groups is 4. The minimum atomic E-state index is -1.54. The number of ether oxygens (including phenoxy) is 5. The van der Waals surface area contributed by atoms with E-state index in [-0.39, 0.29) is 37.2 Å². The maximum absolute atomic E-state index is 13.9. The summed E-state index contributed by atoms with van der Waals surface area (Å²) in [6.07, 6.45) is -2.23. The van der Waals surface area contributed by atoms with Crippen LogP contribution < -0.4 is 0 Å². The lowest BCUT2D eigenvalue weighted by atomic mass is 9.75. The summed E-state index contributed by atoms with van der Waals surface area (Å²) in [4.78, 5) is 54.7. The van der Waals surface area contributed by atoms with Gasteiger partial charge in [-0.05, 0) is 61.1 Å². The fourth-order valence-electron chi connectivity index (χ4n) is 6.73. The van der Waals surface area contributed by atoms with Crippen molar-refractivity contribution in [3.05, 3.63) is 0 Å². The smallest absolute Gasteiger partial charge is 0.458 e. The monoisotopic (exact) mass is 599 g/mol. The highest BCUT2D eigenvalue weighted by Gasteiger charge is 2.50. The van der Waals surface area contributed by atoms with Crippen molar-refractivity contribution in [1.29, 1.82) is 0 Å². The van der Waals surface area contributed by atoms with Gasteiger partial charge in [0.05, 0.1) is 17.8 Å². The lowest BCUT2D eigenvalue weighted by Crippen LogP contribution is -2.55. The van der Waals surface area contributed by atoms with Crippen LogP contribution in [0.2, 0.25) is 0 Å². The third-order valence-electron chi connectivity index (χ3n) is 9.26. The number of rotatable bonds is 6. The van der Waals surface area contributed by atoms with E-state index in [4.69, 9.17) is 23.7 Å². The highest BCUT2D eigenvalue weighted by Crippen LogP contribution is 2.38. The Labute approximate surface area is 250 Å². The molecular weight excluding hydrogens is 546 g/mol. The van der Waals surface area contributed by atoms with E-state index in [1.807, 2.05) is 27.9 Å². The van der Waals surface area contributed by atoms with Crippen LogP contribution in [0.4, 0.5) is 4.79 Å². The van der Waals surface area contributed by atoms with Crippen molar-refractivity contribution < 1.29 is 48.0 Å². The van der Waals surface area contributed by atoms with Gasteiger partial charge in [0.2, 0.25) is 0 Å². The molecule has 2 aliphatic heterocycles. The molecule has 2 saturated heterocycles. The Morgan fingerprint density at radius 1 is 0.976 bits per heavy atom. The molecule has 0 aromatic rings. The van der Waals surface area contributed by atoms with E-state index in [9.17, 15) is 24.3 Å². The maximum atomic E-state index is 13.9. The standard InChI is InChI=1S/C31H53NO10/c1-12-23-30(7,42-29(36)37)15-17(2)25(33)18(3)16-31(8,38-11)27(20(5)26(34)21(6)28(35)40-23)41-24-14-22(32(9)10)13-19(4)39-24/h17-24,27H,12-16H2,1-11H3,(H,36,37)/t17-,18-,19-,20+,21-,22+,23+,24+,27-,30+,31?/m1/s1. The van der Waals surface area contributed by atoms with E-state index in [0.29, 0.717) is 6.42 Å². The summed E-state index contributed by atoms with van der Waals surface area (Å²) >= 11 is 0. The highest BCUT2D eigenvalue weighted by molar-refractivity contribution is 6.00. The molecule has 42 heavy (non-hydrogen) atoms. The molecule has 1 N–H and O–H groups in total. The van der Waals surface area contributed by atoms with Crippen molar-refractivity contribution in [2.45, 2.75) is 129 Å². The predicted octanol–water partition coefficient (Wildman–Crippen LogP) is 4.48. The van der Waals surface area contributed by atoms with Crippen molar-refractivity contribution in [3.8, 4) is 0 Å². The molecule has 11 heteroatoms. The Hall–Kier alpha value is -2.08. The van der Waals surface area contributed by atoms with Crippen molar-refractivity contribution in [1.82, 2.24) is 4.90 Å². The Morgan fingerprint density at radius 2 is 1.55 bits per heavy atom. The molecule has 0 spiro atoms. The van der Waals surface area contributed by atoms with Gasteiger partial charge >= 0.3 is 12.1 Å². The highest BCUT2D eigenvalue weighted by atomic mass is 16.7. The molecular formula is C31H53NO10. The summed E-state index contributed by atoms with van der Waals surface area (Å²) in [5.74, 6) is -4.50. The summed E-state index contributed by atoms with van der Waals surface area (Å²) in [5.41, 5.74) is -2.61. The first-order chi connectivity index (χ1) is 19.4. The van der Waals surface area contributed by atoms with Gasteiger partial charge in [0, 0.05) is 43.7 Å². The van der Waals surface area contributed by atoms with Gasteiger partial charge in [-0.3, -0.25) is 14.4 Å². The Morgan fingerprint density at radius 3 is 2.05 bits per heavy atom. The lowest BCUT2D eigenvalue weighted by molar-refractivity contribution is -0.262. The number of carbonyl (C=O) groups excluding carboxylic acids is 3. The minimum Gasteiger partial charge on any atom is -0.458 e. The van der Waals surface area contributed by atoms with Crippen molar-refractivity contribution in [2.75, 3.05) is 21.2 Å². The second kappa shape index (κ2) is 14.6. The predicted molar refractivity (Wildman–Crippen MR) is 155 cm³/mol. The second-order valence-corrected chi connectivity index (χ2v) is 13.1. The first-order valence-electron chi connectivity index (χ1n) is 15.1. The summed E-state index contributed by atoms with van der Waals surface area (Å²) in [5, 5.41) is 9.50. The fraction of sp³-hybridized carbons (Fsp3) is 0.871. The van der Waals surface area contributed by atoms with Crippen molar-refractivity contribution in [3.63, 3.8) is 0 Å². The zero-order chi connectivity index (χ0) is 32.2. The molecule has 2 fully saturated rings. The largest absolute Gasteiger partial charge is 0.506 e. The number of hydrogen-bond donors (Lipinski definition) is 1. The topological polar surface area (TPSA) is 138 Å². The number of carboxylic acid groups (broad SMARTS) is 1. The SMILES string of the molecule is CC[C@@H]1OC(=O)[C@H](C)C(=O)[C@H](C)[C@@H](O[C@H]2C[C@@H](N(C)C)C[C@@H](C)O2)C(C)(OC)C[C@@H](C)C(=O)[C@H](C)C[C@]1(C)OC(=O)O. The Kier molecular flexibility index (Phi) is 12.6. The van der Waals surface area contributed by atoms with Gasteiger partial charge in [-0.15, -0.1) is 0 Å². The van der Waals surface area contributed by atoms with E-state index >= 15 is 0 Å². The number of methoxy groups -OCH3 is 1. The number of esters is 1.